The second-order valence-electron chi connectivity index (χ2n) is 2.73. The third-order valence-corrected chi connectivity index (χ3v) is 2.74. The molecule has 0 spiro atoms. The molecule has 0 aromatic heterocycles. The van der Waals surface area contributed by atoms with E-state index in [-0.39, 0.29) is 0 Å². The van der Waals surface area contributed by atoms with Gasteiger partial charge in [0.1, 0.15) is 0 Å². The van der Waals surface area contributed by atoms with Gasteiger partial charge in [0.2, 0.25) is 0 Å². The monoisotopic (exact) mass is 316 g/mol. The quantitative estimate of drug-likeness (QED) is 0.476. The van der Waals surface area contributed by atoms with Crippen molar-refractivity contribution in [2.75, 3.05) is 0 Å². The molecule has 0 unspecified atom stereocenters. The van der Waals surface area contributed by atoms with Gasteiger partial charge in [-0.25, -0.2) is 0 Å². The summed E-state index contributed by atoms with van der Waals surface area (Å²) in [5.74, 6) is -13.9. The van der Waals surface area contributed by atoms with Crippen LogP contribution in [0.3, 0.4) is 0 Å². The molecule has 2 N–H and O–H groups in total. The van der Waals surface area contributed by atoms with Crippen LogP contribution in [0.15, 0.2) is 0 Å². The topological polar surface area (TPSA) is 57.5 Å². The Bertz CT molecular complexity index is 345. The Hall–Kier alpha value is -0.120. The maximum atomic E-state index is 12.4. The lowest BCUT2D eigenvalue weighted by Gasteiger charge is -2.34. The minimum atomic E-state index is -7.11. The summed E-state index contributed by atoms with van der Waals surface area (Å²) in [6.45, 7) is 0. The van der Waals surface area contributed by atoms with Crippen LogP contribution in [0.25, 0.3) is 0 Å². The first-order chi connectivity index (χ1) is 7.00. The zero-order chi connectivity index (χ0) is 14.5. The minimum Gasteiger partial charge on any atom is -0.320 e. The van der Waals surface area contributed by atoms with E-state index < -0.39 is 30.5 Å². The molecule has 0 rings (SSSR count). The van der Waals surface area contributed by atoms with Gasteiger partial charge in [-0.2, -0.15) is 35.1 Å². The minimum absolute atomic E-state index is 3.52. The van der Waals surface area contributed by atoms with Crippen LogP contribution >= 0.6 is 19.2 Å². The van der Waals surface area contributed by atoms with Crippen molar-refractivity contribution in [3.05, 3.63) is 0 Å². The predicted octanol–water partition coefficient (Wildman–Crippen LogP) is 2.86. The molecule has 0 amide bonds. The molecule has 0 aromatic carbocycles. The van der Waals surface area contributed by atoms with Gasteiger partial charge in [0.05, 0.1) is 0 Å². The van der Waals surface area contributed by atoms with Gasteiger partial charge in [0.25, 0.3) is 0 Å². The molecule has 0 aliphatic heterocycles. The molecular weight excluding hydrogens is 314 g/mol. The summed E-state index contributed by atoms with van der Waals surface area (Å²) >= 11 is 3.52. The van der Waals surface area contributed by atoms with Gasteiger partial charge in [0, 0.05) is 0 Å². The lowest BCUT2D eigenvalue weighted by Crippen LogP contribution is -2.60. The molecule has 0 aliphatic rings. The number of alkyl halides is 9. The van der Waals surface area contributed by atoms with Crippen molar-refractivity contribution in [1.29, 1.82) is 0 Å². The van der Waals surface area contributed by atoms with Crippen molar-refractivity contribution in [1.82, 2.24) is 0 Å². The van der Waals surface area contributed by atoms with Crippen LogP contribution in [-0.2, 0) is 4.57 Å². The summed E-state index contributed by atoms with van der Waals surface area (Å²) in [6.07, 6.45) is 0. The van der Waals surface area contributed by atoms with Crippen LogP contribution in [0.2, 0.25) is 0 Å². The van der Waals surface area contributed by atoms with Crippen molar-refractivity contribution < 1.29 is 49.5 Å². The molecule has 0 radical (unpaired) electrons. The van der Waals surface area contributed by atoms with E-state index in [0.717, 1.165) is 0 Å². The first kappa shape index (κ1) is 16.9. The SMILES string of the molecule is O=P(O)(O)C(F)(F)C(F)(F)C(F)(F)C(F)(F)Cl. The van der Waals surface area contributed by atoms with Gasteiger partial charge in [-0.3, -0.25) is 4.57 Å². The highest BCUT2D eigenvalue weighted by Gasteiger charge is 2.85. The van der Waals surface area contributed by atoms with E-state index in [1.807, 2.05) is 0 Å². The Labute approximate surface area is 92.5 Å². The molecule has 13 heteroatoms. The van der Waals surface area contributed by atoms with Crippen LogP contribution in [0, 0.1) is 0 Å². The number of halogens is 9. The van der Waals surface area contributed by atoms with E-state index in [1.54, 1.807) is 0 Å². The van der Waals surface area contributed by atoms with Crippen molar-refractivity contribution in [3.8, 4) is 0 Å². The Morgan fingerprint density at radius 3 is 1.29 bits per heavy atom. The second-order valence-corrected chi connectivity index (χ2v) is 4.86. The van der Waals surface area contributed by atoms with E-state index in [0.29, 0.717) is 0 Å². The van der Waals surface area contributed by atoms with E-state index in [2.05, 4.69) is 11.6 Å². The van der Waals surface area contributed by atoms with Crippen molar-refractivity contribution in [3.63, 3.8) is 0 Å². The smallest absolute Gasteiger partial charge is 0.320 e. The largest absolute Gasteiger partial charge is 0.413 e. The van der Waals surface area contributed by atoms with E-state index in [9.17, 15) is 39.7 Å². The molecule has 3 nitrogen and oxygen atoms in total. The number of rotatable bonds is 4. The lowest BCUT2D eigenvalue weighted by atomic mass is 10.2. The zero-order valence-corrected chi connectivity index (χ0v) is 8.80. The molecule has 0 atom stereocenters. The molecule has 17 heavy (non-hydrogen) atoms. The summed E-state index contributed by atoms with van der Waals surface area (Å²) in [6, 6.07) is 0. The maximum absolute atomic E-state index is 12.4. The highest BCUT2D eigenvalue weighted by atomic mass is 35.5. The van der Waals surface area contributed by atoms with E-state index in [1.165, 1.54) is 0 Å². The fourth-order valence-corrected chi connectivity index (χ4v) is 1.17. The number of hydrogen-bond acceptors (Lipinski definition) is 1. The maximum Gasteiger partial charge on any atom is 0.413 e. The molecular formula is C4H2ClF8O3P. The third-order valence-electron chi connectivity index (χ3n) is 1.49. The normalized spacial score (nSPS) is 16.2. The Morgan fingerprint density at radius 2 is 1.12 bits per heavy atom. The van der Waals surface area contributed by atoms with Crippen molar-refractivity contribution in [2.45, 2.75) is 22.9 Å². The Morgan fingerprint density at radius 1 is 0.824 bits per heavy atom. The Kier molecular flexibility index (Phi) is 3.91. The van der Waals surface area contributed by atoms with Crippen LogP contribution in [0.1, 0.15) is 0 Å². The lowest BCUT2D eigenvalue weighted by molar-refractivity contribution is -0.329. The average Bonchev–Trinajstić information content (AvgIpc) is 1.98. The van der Waals surface area contributed by atoms with Gasteiger partial charge < -0.3 is 9.79 Å². The highest BCUT2D eigenvalue weighted by Crippen LogP contribution is 2.65. The first-order valence-electron chi connectivity index (χ1n) is 3.26. The van der Waals surface area contributed by atoms with Crippen molar-refractivity contribution >= 4 is 19.2 Å². The summed E-state index contributed by atoms with van der Waals surface area (Å²) in [7, 11) is -7.11. The summed E-state index contributed by atoms with van der Waals surface area (Å²) < 4.78 is 108. The fraction of sp³-hybridized carbons (Fsp3) is 1.00. The van der Waals surface area contributed by atoms with E-state index in [4.69, 9.17) is 9.79 Å². The first-order valence-corrected chi connectivity index (χ1v) is 5.25. The molecule has 0 saturated carbocycles. The van der Waals surface area contributed by atoms with Gasteiger partial charge in [0.15, 0.2) is 0 Å². The molecule has 104 valence electrons. The van der Waals surface area contributed by atoms with Crippen LogP contribution < -0.4 is 0 Å². The standard InChI is InChI=1S/C4H2ClF8O3P/c5-3(10,11)1(6,7)2(8,9)4(12,13)17(14,15)16/h(H2,14,15,16). The predicted molar refractivity (Wildman–Crippen MR) is 37.7 cm³/mol. The zero-order valence-electron chi connectivity index (χ0n) is 7.15. The Balaban J connectivity index is 5.82. The molecule has 0 fully saturated rings. The molecule has 0 aromatic rings. The van der Waals surface area contributed by atoms with Crippen molar-refractivity contribution in [2.24, 2.45) is 0 Å². The average molecular weight is 316 g/mol. The summed E-state index contributed by atoms with van der Waals surface area (Å²) in [5.41, 5.74) is -6.71. The molecule has 0 heterocycles. The highest BCUT2D eigenvalue weighted by molar-refractivity contribution is 7.53. The fourth-order valence-electron chi connectivity index (χ4n) is 0.550. The molecule has 0 saturated heterocycles. The van der Waals surface area contributed by atoms with Crippen LogP contribution in [0.4, 0.5) is 35.1 Å². The van der Waals surface area contributed by atoms with Gasteiger partial charge in [-0.05, 0) is 11.6 Å². The summed E-state index contributed by atoms with van der Waals surface area (Å²) in [4.78, 5) is 15.5. The van der Waals surface area contributed by atoms with Gasteiger partial charge >= 0.3 is 30.5 Å². The molecule has 0 aliphatic carbocycles. The van der Waals surface area contributed by atoms with Crippen LogP contribution in [0.5, 0.6) is 0 Å². The number of hydrogen-bond donors (Lipinski definition) is 2. The third kappa shape index (κ3) is 2.38. The van der Waals surface area contributed by atoms with Crippen LogP contribution in [-0.4, -0.2) is 32.7 Å². The van der Waals surface area contributed by atoms with Gasteiger partial charge in [-0.15, -0.1) is 0 Å². The van der Waals surface area contributed by atoms with Gasteiger partial charge in [-0.1, -0.05) is 0 Å². The summed E-state index contributed by atoms with van der Waals surface area (Å²) in [5, 5.41) is -6.13. The van der Waals surface area contributed by atoms with E-state index >= 15 is 0 Å². The molecule has 0 bridgehead atoms. The second kappa shape index (κ2) is 3.94.